The maximum absolute atomic E-state index is 13.3. The van der Waals surface area contributed by atoms with E-state index in [-0.39, 0.29) is 11.6 Å². The summed E-state index contributed by atoms with van der Waals surface area (Å²) in [6.07, 6.45) is 0. The normalized spacial score (nSPS) is 14.1. The molecule has 0 saturated heterocycles. The maximum atomic E-state index is 13.3. The van der Waals surface area contributed by atoms with Crippen LogP contribution in [0.25, 0.3) is 0 Å². The Hall–Kier alpha value is -1.33. The molecule has 0 amide bonds. The van der Waals surface area contributed by atoms with Crippen LogP contribution in [0, 0.1) is 5.82 Å². The van der Waals surface area contributed by atoms with Gasteiger partial charge in [0.2, 0.25) is 0 Å². The van der Waals surface area contributed by atoms with Crippen molar-refractivity contribution in [2.45, 2.75) is 19.4 Å². The number of methoxy groups -OCH3 is 1. The summed E-state index contributed by atoms with van der Waals surface area (Å²) < 4.78 is 23.6. The summed E-state index contributed by atoms with van der Waals surface area (Å²) >= 11 is 0. The van der Waals surface area contributed by atoms with Crippen LogP contribution in [0.2, 0.25) is 0 Å². The Morgan fingerprint density at radius 1 is 1.44 bits per heavy atom. The number of halogens is 1. The lowest BCUT2D eigenvalue weighted by atomic mass is 10.0. The highest BCUT2D eigenvalue weighted by Crippen LogP contribution is 2.23. The van der Waals surface area contributed by atoms with Crippen LogP contribution in [0.15, 0.2) is 18.2 Å². The summed E-state index contributed by atoms with van der Waals surface area (Å²) in [4.78, 5) is 0. The number of nitrogens with one attached hydrogen (secondary N) is 1. The number of rotatable bonds is 7. The first-order valence-corrected chi connectivity index (χ1v) is 5.94. The summed E-state index contributed by atoms with van der Waals surface area (Å²) in [6.45, 7) is 5.41. The van der Waals surface area contributed by atoms with Crippen molar-refractivity contribution in [2.75, 3.05) is 32.2 Å². The van der Waals surface area contributed by atoms with Gasteiger partial charge in [-0.3, -0.25) is 0 Å². The van der Waals surface area contributed by atoms with E-state index in [0.29, 0.717) is 19.8 Å². The van der Waals surface area contributed by atoms with Crippen LogP contribution >= 0.6 is 0 Å². The quantitative estimate of drug-likeness (QED) is 0.783. The van der Waals surface area contributed by atoms with Crippen LogP contribution in [0.4, 0.5) is 10.1 Å². The van der Waals surface area contributed by atoms with Crippen molar-refractivity contribution < 1.29 is 13.9 Å². The number of ether oxygens (including phenoxy) is 2. The third-order valence-corrected chi connectivity index (χ3v) is 2.67. The molecule has 5 heteroatoms. The molecule has 4 nitrogen and oxygen atoms in total. The molecular weight excluding hydrogens is 235 g/mol. The highest BCUT2D eigenvalue weighted by atomic mass is 19.1. The monoisotopic (exact) mass is 256 g/mol. The number of anilines is 1. The molecule has 0 aliphatic carbocycles. The Kier molecular flexibility index (Phi) is 5.37. The number of benzene rings is 1. The fourth-order valence-corrected chi connectivity index (χ4v) is 1.56. The SMILES string of the molecule is CCOCC(C)(CN)Nc1ccc(F)c(OC)c1. The zero-order valence-corrected chi connectivity index (χ0v) is 11.1. The Bertz CT molecular complexity index is 387. The second-order valence-corrected chi connectivity index (χ2v) is 4.38. The number of hydrogen-bond acceptors (Lipinski definition) is 4. The van der Waals surface area contributed by atoms with E-state index in [1.165, 1.54) is 13.2 Å². The largest absolute Gasteiger partial charge is 0.494 e. The third kappa shape index (κ3) is 3.85. The van der Waals surface area contributed by atoms with E-state index in [0.717, 1.165) is 5.69 Å². The first-order chi connectivity index (χ1) is 8.54. The molecule has 1 rings (SSSR count). The molecular formula is C13H21FN2O2. The highest BCUT2D eigenvalue weighted by Gasteiger charge is 2.22. The standard InChI is InChI=1S/C13H21FN2O2/c1-4-18-9-13(2,8-15)16-10-5-6-11(14)12(7-10)17-3/h5-7,16H,4,8-9,15H2,1-3H3. The highest BCUT2D eigenvalue weighted by molar-refractivity contribution is 5.50. The lowest BCUT2D eigenvalue weighted by Gasteiger charge is -2.30. The lowest BCUT2D eigenvalue weighted by molar-refractivity contribution is 0.112. The van der Waals surface area contributed by atoms with Crippen molar-refractivity contribution in [3.63, 3.8) is 0 Å². The van der Waals surface area contributed by atoms with Gasteiger partial charge in [0, 0.05) is 24.9 Å². The molecule has 0 heterocycles. The minimum atomic E-state index is -0.390. The average Bonchev–Trinajstić information content (AvgIpc) is 2.38. The number of hydrogen-bond donors (Lipinski definition) is 2. The topological polar surface area (TPSA) is 56.5 Å². The van der Waals surface area contributed by atoms with Gasteiger partial charge in [0.25, 0.3) is 0 Å². The first kappa shape index (κ1) is 14.7. The van der Waals surface area contributed by atoms with Crippen LogP contribution < -0.4 is 15.8 Å². The van der Waals surface area contributed by atoms with Crippen molar-refractivity contribution in [3.8, 4) is 5.75 Å². The molecule has 1 aromatic rings. The van der Waals surface area contributed by atoms with E-state index in [9.17, 15) is 4.39 Å². The van der Waals surface area contributed by atoms with Crippen LogP contribution in [0.5, 0.6) is 5.75 Å². The molecule has 1 unspecified atom stereocenters. The summed E-state index contributed by atoms with van der Waals surface area (Å²) in [7, 11) is 1.44. The van der Waals surface area contributed by atoms with Crippen LogP contribution in [-0.2, 0) is 4.74 Å². The zero-order valence-electron chi connectivity index (χ0n) is 11.1. The van der Waals surface area contributed by atoms with Crippen molar-refractivity contribution in [2.24, 2.45) is 5.73 Å². The lowest BCUT2D eigenvalue weighted by Crippen LogP contribution is -2.46. The molecule has 18 heavy (non-hydrogen) atoms. The molecule has 0 aromatic heterocycles. The molecule has 102 valence electrons. The van der Waals surface area contributed by atoms with Gasteiger partial charge in [-0.05, 0) is 26.0 Å². The van der Waals surface area contributed by atoms with Crippen LogP contribution in [0.1, 0.15) is 13.8 Å². The smallest absolute Gasteiger partial charge is 0.165 e. The molecule has 0 saturated carbocycles. The Balaban J connectivity index is 2.81. The van der Waals surface area contributed by atoms with E-state index in [4.69, 9.17) is 15.2 Å². The van der Waals surface area contributed by atoms with Gasteiger partial charge in [-0.1, -0.05) is 0 Å². The number of nitrogens with two attached hydrogens (primary N) is 1. The molecule has 0 aliphatic heterocycles. The van der Waals surface area contributed by atoms with Crippen molar-refractivity contribution >= 4 is 5.69 Å². The zero-order chi connectivity index (χ0) is 13.6. The Labute approximate surface area is 107 Å². The molecule has 0 bridgehead atoms. The molecule has 3 N–H and O–H groups in total. The average molecular weight is 256 g/mol. The summed E-state index contributed by atoms with van der Waals surface area (Å²) in [6, 6.07) is 4.62. The van der Waals surface area contributed by atoms with Crippen molar-refractivity contribution in [1.82, 2.24) is 0 Å². The Morgan fingerprint density at radius 2 is 2.17 bits per heavy atom. The molecule has 1 aromatic carbocycles. The van der Waals surface area contributed by atoms with E-state index in [2.05, 4.69) is 5.32 Å². The van der Waals surface area contributed by atoms with Gasteiger partial charge in [0.05, 0.1) is 19.3 Å². The van der Waals surface area contributed by atoms with Gasteiger partial charge in [-0.25, -0.2) is 4.39 Å². The van der Waals surface area contributed by atoms with E-state index in [1.807, 2.05) is 13.8 Å². The van der Waals surface area contributed by atoms with Crippen molar-refractivity contribution in [3.05, 3.63) is 24.0 Å². The molecule has 0 radical (unpaired) electrons. The van der Waals surface area contributed by atoms with E-state index >= 15 is 0 Å². The summed E-state index contributed by atoms with van der Waals surface area (Å²) in [5.74, 6) is -0.182. The fourth-order valence-electron chi connectivity index (χ4n) is 1.56. The molecule has 0 aliphatic rings. The van der Waals surface area contributed by atoms with Crippen LogP contribution in [0.3, 0.4) is 0 Å². The third-order valence-electron chi connectivity index (χ3n) is 2.67. The Morgan fingerprint density at radius 3 is 2.72 bits per heavy atom. The van der Waals surface area contributed by atoms with Crippen molar-refractivity contribution in [1.29, 1.82) is 0 Å². The van der Waals surface area contributed by atoms with Gasteiger partial charge in [0.1, 0.15) is 0 Å². The van der Waals surface area contributed by atoms with Gasteiger partial charge in [-0.2, -0.15) is 0 Å². The van der Waals surface area contributed by atoms with Crippen LogP contribution in [-0.4, -0.2) is 32.4 Å². The van der Waals surface area contributed by atoms with E-state index in [1.54, 1.807) is 12.1 Å². The predicted octanol–water partition coefficient (Wildman–Crippen LogP) is 2.00. The second-order valence-electron chi connectivity index (χ2n) is 4.38. The summed E-state index contributed by atoms with van der Waals surface area (Å²) in [5.41, 5.74) is 6.11. The van der Waals surface area contributed by atoms with E-state index < -0.39 is 5.54 Å². The molecule has 0 fully saturated rings. The van der Waals surface area contributed by atoms with Gasteiger partial charge < -0.3 is 20.5 Å². The van der Waals surface area contributed by atoms with Gasteiger partial charge >= 0.3 is 0 Å². The minimum absolute atomic E-state index is 0.204. The summed E-state index contributed by atoms with van der Waals surface area (Å²) in [5, 5.41) is 3.25. The molecule has 1 atom stereocenters. The predicted molar refractivity (Wildman–Crippen MR) is 70.5 cm³/mol. The fraction of sp³-hybridized carbons (Fsp3) is 0.538. The first-order valence-electron chi connectivity index (χ1n) is 5.94. The van der Waals surface area contributed by atoms with Gasteiger partial charge in [-0.15, -0.1) is 0 Å². The van der Waals surface area contributed by atoms with Gasteiger partial charge in [0.15, 0.2) is 11.6 Å². The minimum Gasteiger partial charge on any atom is -0.494 e. The second kappa shape index (κ2) is 6.56. The maximum Gasteiger partial charge on any atom is 0.165 e. The molecule has 0 spiro atoms.